The van der Waals surface area contributed by atoms with Crippen molar-refractivity contribution in [3.05, 3.63) is 29.5 Å². The maximum Gasteiger partial charge on any atom is 0.445 e. The minimum absolute atomic E-state index is 0.154. The van der Waals surface area contributed by atoms with Crippen LogP contribution < -0.4 is 5.32 Å². The Morgan fingerprint density at radius 1 is 1.41 bits per heavy atom. The van der Waals surface area contributed by atoms with E-state index in [1.807, 2.05) is 6.26 Å². The fourth-order valence-electron chi connectivity index (χ4n) is 1.78. The van der Waals surface area contributed by atoms with Crippen molar-refractivity contribution in [3.8, 4) is 0 Å². The van der Waals surface area contributed by atoms with Gasteiger partial charge in [0.25, 0.3) is 0 Å². The van der Waals surface area contributed by atoms with Crippen LogP contribution in [0.4, 0.5) is 18.3 Å². The van der Waals surface area contributed by atoms with Gasteiger partial charge in [0, 0.05) is 12.4 Å². The Bertz CT molecular complexity index is 612. The average molecular weight is 350 g/mol. The molecule has 0 aliphatic rings. The molecule has 1 atom stereocenters. The van der Waals surface area contributed by atoms with Crippen molar-refractivity contribution in [2.45, 2.75) is 18.6 Å². The van der Waals surface area contributed by atoms with E-state index in [4.69, 9.17) is 0 Å². The van der Waals surface area contributed by atoms with Crippen LogP contribution in [-0.4, -0.2) is 32.7 Å². The summed E-state index contributed by atoms with van der Waals surface area (Å²) in [6, 6.07) is 3.07. The molecule has 2 rings (SSSR count). The molecule has 0 fully saturated rings. The normalized spacial score (nSPS) is 13.1. The first-order valence-corrected chi connectivity index (χ1v) is 8.46. The van der Waals surface area contributed by atoms with Crippen molar-refractivity contribution >= 4 is 34.1 Å². The molecule has 1 N–H and O–H groups in total. The van der Waals surface area contributed by atoms with Crippen LogP contribution in [-0.2, 0) is 11.0 Å². The van der Waals surface area contributed by atoms with Crippen molar-refractivity contribution in [2.24, 2.45) is 0 Å². The summed E-state index contributed by atoms with van der Waals surface area (Å²) in [7, 11) is 0. The fourth-order valence-corrected chi connectivity index (χ4v) is 2.85. The van der Waals surface area contributed by atoms with Crippen molar-refractivity contribution < 1.29 is 18.0 Å². The van der Waals surface area contributed by atoms with Crippen LogP contribution in [0.1, 0.15) is 17.5 Å². The number of nitrogens with zero attached hydrogens (tertiary/aromatic N) is 3. The van der Waals surface area contributed by atoms with Gasteiger partial charge in [-0.1, -0.05) is 11.3 Å². The second-order valence-corrected chi connectivity index (χ2v) is 6.29. The largest absolute Gasteiger partial charge is 0.445 e. The molecule has 0 saturated carbocycles. The number of carbonyl (C=O) groups is 1. The van der Waals surface area contributed by atoms with Crippen LogP contribution in [0, 0.1) is 0 Å². The molecule has 5 nitrogen and oxygen atoms in total. The van der Waals surface area contributed by atoms with Gasteiger partial charge in [-0.25, -0.2) is 0 Å². The number of anilines is 1. The molecule has 10 heteroatoms. The van der Waals surface area contributed by atoms with Gasteiger partial charge in [-0.15, -0.1) is 10.2 Å². The fraction of sp³-hybridized carbons (Fsp3) is 0.417. The molecule has 2 heterocycles. The first-order chi connectivity index (χ1) is 10.4. The lowest BCUT2D eigenvalue weighted by Gasteiger charge is -2.17. The highest BCUT2D eigenvalue weighted by molar-refractivity contribution is 7.98. The van der Waals surface area contributed by atoms with Gasteiger partial charge in [-0.05, 0) is 30.6 Å². The molecule has 0 spiro atoms. The Hall–Kier alpha value is -1.55. The first-order valence-electron chi connectivity index (χ1n) is 6.24. The lowest BCUT2D eigenvalue weighted by molar-refractivity contribution is -0.138. The Labute approximate surface area is 132 Å². The van der Waals surface area contributed by atoms with E-state index >= 15 is 0 Å². The monoisotopic (exact) mass is 350 g/mol. The molecular formula is C12H13F3N4OS2. The van der Waals surface area contributed by atoms with E-state index in [9.17, 15) is 18.0 Å². The van der Waals surface area contributed by atoms with E-state index in [0.717, 1.165) is 5.75 Å². The van der Waals surface area contributed by atoms with Crippen LogP contribution in [0.2, 0.25) is 0 Å². The maximum absolute atomic E-state index is 12.5. The Kier molecular flexibility index (Phi) is 5.46. The predicted molar refractivity (Wildman–Crippen MR) is 80.0 cm³/mol. The van der Waals surface area contributed by atoms with E-state index in [0.29, 0.717) is 17.8 Å². The summed E-state index contributed by atoms with van der Waals surface area (Å²) >= 11 is 1.90. The predicted octanol–water partition coefficient (Wildman–Crippen LogP) is 3.29. The molecule has 0 radical (unpaired) electrons. The topological polar surface area (TPSA) is 59.8 Å². The van der Waals surface area contributed by atoms with Gasteiger partial charge < -0.3 is 4.57 Å². The second-order valence-electron chi connectivity index (χ2n) is 4.33. The van der Waals surface area contributed by atoms with Gasteiger partial charge >= 0.3 is 6.18 Å². The van der Waals surface area contributed by atoms with Crippen molar-refractivity contribution in [3.63, 3.8) is 0 Å². The molecule has 22 heavy (non-hydrogen) atoms. The number of aromatic nitrogens is 3. The number of amides is 1. The van der Waals surface area contributed by atoms with Crippen molar-refractivity contribution in [1.82, 2.24) is 14.8 Å². The van der Waals surface area contributed by atoms with Gasteiger partial charge in [0.2, 0.25) is 16.0 Å². The molecule has 0 aromatic carbocycles. The quantitative estimate of drug-likeness (QED) is 0.868. The summed E-state index contributed by atoms with van der Waals surface area (Å²) in [5.74, 6) is 0.343. The zero-order valence-corrected chi connectivity index (χ0v) is 13.1. The Balaban J connectivity index is 2.09. The molecule has 0 saturated heterocycles. The van der Waals surface area contributed by atoms with E-state index < -0.39 is 23.1 Å². The van der Waals surface area contributed by atoms with Crippen LogP contribution in [0.25, 0.3) is 0 Å². The molecule has 0 aliphatic carbocycles. The number of nitrogens with one attached hydrogen (secondary N) is 1. The SMILES string of the molecule is CSCCC(C(=O)Nc1nnc(C(F)(F)F)s1)n1cccc1. The van der Waals surface area contributed by atoms with Crippen LogP contribution in [0.15, 0.2) is 24.5 Å². The third-order valence-electron chi connectivity index (χ3n) is 2.78. The van der Waals surface area contributed by atoms with E-state index in [2.05, 4.69) is 15.5 Å². The van der Waals surface area contributed by atoms with Crippen LogP contribution in [0.5, 0.6) is 0 Å². The number of alkyl halides is 3. The minimum atomic E-state index is -4.56. The highest BCUT2D eigenvalue weighted by atomic mass is 32.2. The highest BCUT2D eigenvalue weighted by Gasteiger charge is 2.36. The summed E-state index contributed by atoms with van der Waals surface area (Å²) in [4.78, 5) is 12.3. The Morgan fingerprint density at radius 3 is 2.64 bits per heavy atom. The maximum atomic E-state index is 12.5. The molecule has 0 aliphatic heterocycles. The first kappa shape index (κ1) is 16.8. The smallest absolute Gasteiger partial charge is 0.342 e. The summed E-state index contributed by atoms with van der Waals surface area (Å²) in [5, 5.41) is 7.59. The van der Waals surface area contributed by atoms with Gasteiger partial charge in [0.05, 0.1) is 0 Å². The molecular weight excluding hydrogens is 337 g/mol. The van der Waals surface area contributed by atoms with Gasteiger partial charge in [0.1, 0.15) is 6.04 Å². The molecule has 120 valence electrons. The van der Waals surface area contributed by atoms with Gasteiger partial charge in [-0.2, -0.15) is 24.9 Å². The van der Waals surface area contributed by atoms with Crippen LogP contribution >= 0.6 is 23.1 Å². The number of halogens is 3. The number of hydrogen-bond donors (Lipinski definition) is 1. The zero-order chi connectivity index (χ0) is 16.2. The third kappa shape index (κ3) is 4.23. The number of carbonyl (C=O) groups excluding carboxylic acids is 1. The molecule has 2 aromatic rings. The number of hydrogen-bond acceptors (Lipinski definition) is 5. The van der Waals surface area contributed by atoms with E-state index in [1.165, 1.54) is 0 Å². The molecule has 2 aromatic heterocycles. The standard InChI is InChI=1S/C12H13F3N4OS2/c1-21-7-4-8(19-5-2-3-6-19)9(20)16-11-18-17-10(22-11)12(13,14)15/h2-3,5-6,8H,4,7H2,1H3,(H,16,18,20). The van der Waals surface area contributed by atoms with Crippen molar-refractivity contribution in [2.75, 3.05) is 17.3 Å². The summed E-state index contributed by atoms with van der Waals surface area (Å²) < 4.78 is 39.1. The lowest BCUT2D eigenvalue weighted by atomic mass is 10.2. The number of thioether (sulfide) groups is 1. The molecule has 1 amide bonds. The molecule has 0 bridgehead atoms. The van der Waals surface area contributed by atoms with E-state index in [1.54, 1.807) is 40.9 Å². The highest BCUT2D eigenvalue weighted by Crippen LogP contribution is 2.33. The lowest BCUT2D eigenvalue weighted by Crippen LogP contribution is -2.25. The van der Waals surface area contributed by atoms with Crippen molar-refractivity contribution in [1.29, 1.82) is 0 Å². The Morgan fingerprint density at radius 2 is 2.09 bits per heavy atom. The average Bonchev–Trinajstić information content (AvgIpc) is 3.09. The summed E-state index contributed by atoms with van der Waals surface area (Å²) in [6.45, 7) is 0. The number of rotatable bonds is 6. The third-order valence-corrected chi connectivity index (χ3v) is 4.31. The summed E-state index contributed by atoms with van der Waals surface area (Å²) in [5.41, 5.74) is 0. The minimum Gasteiger partial charge on any atom is -0.342 e. The second kappa shape index (κ2) is 7.14. The molecule has 1 unspecified atom stereocenters. The van der Waals surface area contributed by atoms with Gasteiger partial charge in [0.15, 0.2) is 0 Å². The summed E-state index contributed by atoms with van der Waals surface area (Å²) in [6.07, 6.45) is 1.41. The van der Waals surface area contributed by atoms with Gasteiger partial charge in [-0.3, -0.25) is 10.1 Å². The zero-order valence-electron chi connectivity index (χ0n) is 11.5. The van der Waals surface area contributed by atoms with Crippen LogP contribution in [0.3, 0.4) is 0 Å². The van der Waals surface area contributed by atoms with E-state index in [-0.39, 0.29) is 5.13 Å².